The summed E-state index contributed by atoms with van der Waals surface area (Å²) >= 11 is 0. The molecule has 0 aliphatic heterocycles. The van der Waals surface area contributed by atoms with E-state index in [0.717, 1.165) is 16.8 Å². The molecule has 0 aliphatic carbocycles. The van der Waals surface area contributed by atoms with E-state index in [2.05, 4.69) is 24.5 Å². The number of amides is 2. The lowest BCUT2D eigenvalue weighted by molar-refractivity contribution is -0.135. The third-order valence-corrected chi connectivity index (χ3v) is 4.63. The zero-order valence-electron chi connectivity index (χ0n) is 16.8. The van der Waals surface area contributed by atoms with Crippen LogP contribution in [0.4, 0.5) is 11.4 Å². The number of aryl methyl sites for hydroxylation is 1. The average molecular weight is 368 g/mol. The molecule has 5 nitrogen and oxygen atoms in total. The first-order chi connectivity index (χ1) is 12.7. The van der Waals surface area contributed by atoms with Gasteiger partial charge in [-0.05, 0) is 49.9 Å². The van der Waals surface area contributed by atoms with E-state index in [-0.39, 0.29) is 17.7 Å². The predicted molar refractivity (Wildman–Crippen MR) is 109 cm³/mol. The molecule has 0 bridgehead atoms. The molecule has 144 valence electrons. The van der Waals surface area contributed by atoms with Gasteiger partial charge in [0.15, 0.2) is 0 Å². The molecule has 2 aromatic carbocycles. The lowest BCUT2D eigenvalue weighted by Gasteiger charge is -2.25. The van der Waals surface area contributed by atoms with Crippen molar-refractivity contribution in [1.82, 2.24) is 0 Å². The summed E-state index contributed by atoms with van der Waals surface area (Å²) in [7, 11) is 1.56. The van der Waals surface area contributed by atoms with Gasteiger partial charge >= 0.3 is 0 Å². The highest BCUT2D eigenvalue weighted by molar-refractivity contribution is 6.14. The lowest BCUT2D eigenvalue weighted by atomic mass is 9.90. The van der Waals surface area contributed by atoms with Crippen LogP contribution in [0.2, 0.25) is 0 Å². The summed E-state index contributed by atoms with van der Waals surface area (Å²) in [4.78, 5) is 25.7. The van der Waals surface area contributed by atoms with Crippen LogP contribution in [0, 0.1) is 12.3 Å². The Morgan fingerprint density at radius 2 is 1.63 bits per heavy atom. The molecular formula is C22H28N2O3. The Morgan fingerprint density at radius 1 is 1.00 bits per heavy atom. The highest BCUT2D eigenvalue weighted by Crippen LogP contribution is 2.30. The molecule has 0 saturated heterocycles. The fourth-order valence-electron chi connectivity index (χ4n) is 2.70. The van der Waals surface area contributed by atoms with Crippen molar-refractivity contribution in [2.75, 3.05) is 17.7 Å². The molecule has 0 aliphatic rings. The second kappa shape index (κ2) is 8.25. The van der Waals surface area contributed by atoms with Crippen molar-refractivity contribution < 1.29 is 14.3 Å². The number of anilines is 2. The maximum absolute atomic E-state index is 12.9. The van der Waals surface area contributed by atoms with Gasteiger partial charge in [-0.1, -0.05) is 38.1 Å². The second-order valence-corrected chi connectivity index (χ2v) is 7.46. The van der Waals surface area contributed by atoms with Crippen molar-refractivity contribution >= 4 is 23.2 Å². The van der Waals surface area contributed by atoms with E-state index in [4.69, 9.17) is 4.74 Å². The minimum absolute atomic E-state index is 0.258. The van der Waals surface area contributed by atoms with Crippen LogP contribution in [0.1, 0.15) is 44.7 Å². The number of benzene rings is 2. The summed E-state index contributed by atoms with van der Waals surface area (Å²) in [5.74, 6) is 0.164. The molecule has 2 amide bonds. The van der Waals surface area contributed by atoms with Crippen LogP contribution in [0.15, 0.2) is 42.5 Å². The summed E-state index contributed by atoms with van der Waals surface area (Å²) in [5.41, 5.74) is 2.13. The van der Waals surface area contributed by atoms with Crippen LogP contribution in [-0.4, -0.2) is 18.9 Å². The van der Waals surface area contributed by atoms with Gasteiger partial charge in [0.05, 0.1) is 7.11 Å². The van der Waals surface area contributed by atoms with Crippen molar-refractivity contribution in [2.45, 2.75) is 40.5 Å². The van der Waals surface area contributed by atoms with E-state index in [1.54, 1.807) is 45.2 Å². The highest BCUT2D eigenvalue weighted by Gasteiger charge is 2.36. The molecule has 0 fully saturated rings. The Labute approximate surface area is 161 Å². The zero-order valence-corrected chi connectivity index (χ0v) is 16.8. The van der Waals surface area contributed by atoms with Crippen LogP contribution < -0.4 is 15.4 Å². The Bertz CT molecular complexity index is 841. The summed E-state index contributed by atoms with van der Waals surface area (Å²) in [5, 5.41) is 5.76. The molecule has 2 aromatic rings. The second-order valence-electron chi connectivity index (χ2n) is 7.46. The first-order valence-corrected chi connectivity index (χ1v) is 9.03. The zero-order chi connectivity index (χ0) is 20.2. The number of carbonyl (C=O) groups excluding carboxylic acids is 2. The van der Waals surface area contributed by atoms with E-state index < -0.39 is 5.41 Å². The number of ether oxygens (including phenoxy) is 1. The third-order valence-electron chi connectivity index (χ3n) is 4.63. The van der Waals surface area contributed by atoms with E-state index in [0.29, 0.717) is 11.4 Å². The molecule has 2 N–H and O–H groups in total. The number of rotatable bonds is 6. The number of para-hydroxylation sites is 1. The normalized spacial score (nSPS) is 11.2. The Balaban J connectivity index is 2.21. The van der Waals surface area contributed by atoms with Gasteiger partial charge in [0, 0.05) is 17.4 Å². The molecule has 0 atom stereocenters. The summed E-state index contributed by atoms with van der Waals surface area (Å²) in [6, 6.07) is 13.0. The first kappa shape index (κ1) is 20.5. The largest absolute Gasteiger partial charge is 0.497 e. The van der Waals surface area contributed by atoms with Crippen molar-refractivity contribution in [3.63, 3.8) is 0 Å². The van der Waals surface area contributed by atoms with Gasteiger partial charge in [-0.15, -0.1) is 0 Å². The SMILES string of the molecule is COc1cccc(NC(=O)C(C)(C)C(=O)Nc2c(C)cccc2C(C)C)c1. The van der Waals surface area contributed by atoms with Crippen molar-refractivity contribution in [3.8, 4) is 5.75 Å². The van der Waals surface area contributed by atoms with Gasteiger partial charge in [-0.25, -0.2) is 0 Å². The van der Waals surface area contributed by atoms with Gasteiger partial charge in [0.2, 0.25) is 11.8 Å². The molecule has 0 saturated carbocycles. The Morgan fingerprint density at radius 3 is 2.26 bits per heavy atom. The van der Waals surface area contributed by atoms with Gasteiger partial charge in [0.25, 0.3) is 0 Å². The van der Waals surface area contributed by atoms with E-state index in [1.807, 2.05) is 25.1 Å². The number of nitrogens with one attached hydrogen (secondary N) is 2. The molecule has 0 radical (unpaired) electrons. The molecule has 5 heteroatoms. The van der Waals surface area contributed by atoms with Crippen LogP contribution in [0.3, 0.4) is 0 Å². The fourth-order valence-corrected chi connectivity index (χ4v) is 2.70. The van der Waals surface area contributed by atoms with E-state index in [1.165, 1.54) is 0 Å². The van der Waals surface area contributed by atoms with Crippen LogP contribution in [0.25, 0.3) is 0 Å². The molecule has 0 heterocycles. The predicted octanol–water partition coefficient (Wildman–Crippen LogP) is 4.73. The number of carbonyl (C=O) groups is 2. The quantitative estimate of drug-likeness (QED) is 0.724. The van der Waals surface area contributed by atoms with Crippen molar-refractivity contribution in [1.29, 1.82) is 0 Å². The monoisotopic (exact) mass is 368 g/mol. The van der Waals surface area contributed by atoms with Gasteiger partial charge in [-0.3, -0.25) is 9.59 Å². The molecule has 0 aromatic heterocycles. The molecule has 0 unspecified atom stereocenters. The van der Waals surface area contributed by atoms with Crippen molar-refractivity contribution in [3.05, 3.63) is 53.6 Å². The topological polar surface area (TPSA) is 67.4 Å². The fraction of sp³-hybridized carbons (Fsp3) is 0.364. The Kier molecular flexibility index (Phi) is 6.26. The lowest BCUT2D eigenvalue weighted by Crippen LogP contribution is -2.41. The summed E-state index contributed by atoms with van der Waals surface area (Å²) in [6.45, 7) is 9.33. The van der Waals surface area contributed by atoms with Gasteiger partial charge < -0.3 is 15.4 Å². The number of hydrogen-bond acceptors (Lipinski definition) is 3. The van der Waals surface area contributed by atoms with Gasteiger partial charge in [-0.2, -0.15) is 0 Å². The molecule has 27 heavy (non-hydrogen) atoms. The molecular weight excluding hydrogens is 340 g/mol. The van der Waals surface area contributed by atoms with E-state index >= 15 is 0 Å². The third kappa shape index (κ3) is 4.67. The van der Waals surface area contributed by atoms with E-state index in [9.17, 15) is 9.59 Å². The maximum Gasteiger partial charge on any atom is 0.239 e. The summed E-state index contributed by atoms with van der Waals surface area (Å²) < 4.78 is 5.17. The Hall–Kier alpha value is -2.82. The van der Waals surface area contributed by atoms with Crippen molar-refractivity contribution in [2.24, 2.45) is 5.41 Å². The highest BCUT2D eigenvalue weighted by atomic mass is 16.5. The van der Waals surface area contributed by atoms with Gasteiger partial charge in [0.1, 0.15) is 11.2 Å². The molecule has 2 rings (SSSR count). The minimum Gasteiger partial charge on any atom is -0.497 e. The average Bonchev–Trinajstić information content (AvgIpc) is 2.63. The molecule has 0 spiro atoms. The smallest absolute Gasteiger partial charge is 0.239 e. The first-order valence-electron chi connectivity index (χ1n) is 9.03. The van der Waals surface area contributed by atoms with Crippen LogP contribution in [0.5, 0.6) is 5.75 Å². The van der Waals surface area contributed by atoms with Crippen LogP contribution in [-0.2, 0) is 9.59 Å². The standard InChI is InChI=1S/C22H28N2O3/c1-14(2)18-12-7-9-15(3)19(18)24-21(26)22(4,5)20(25)23-16-10-8-11-17(13-16)27-6/h7-14H,1-6H3,(H,23,25)(H,24,26). The summed E-state index contributed by atoms with van der Waals surface area (Å²) in [6.07, 6.45) is 0. The van der Waals surface area contributed by atoms with Crippen LogP contribution >= 0.6 is 0 Å². The number of methoxy groups -OCH3 is 1. The number of hydrogen-bond donors (Lipinski definition) is 2. The maximum atomic E-state index is 12.9. The minimum atomic E-state index is -1.25.